The molecule has 4 nitrogen and oxygen atoms in total. The highest BCUT2D eigenvalue weighted by atomic mass is 19.4. The minimum Gasteiger partial charge on any atom is -0.349 e. The van der Waals surface area contributed by atoms with Gasteiger partial charge >= 0.3 is 6.18 Å². The van der Waals surface area contributed by atoms with Crippen LogP contribution in [-0.2, 0) is 6.18 Å². The minimum atomic E-state index is -4.70. The summed E-state index contributed by atoms with van der Waals surface area (Å²) in [5, 5.41) is 5.36. The molecule has 0 aliphatic rings. The zero-order valence-corrected chi connectivity index (χ0v) is 11.0. The Kier molecular flexibility index (Phi) is 3.71. The number of anilines is 1. The fourth-order valence-electron chi connectivity index (χ4n) is 1.73. The second kappa shape index (κ2) is 5.19. The Morgan fingerprint density at radius 1 is 1.29 bits per heavy atom. The summed E-state index contributed by atoms with van der Waals surface area (Å²) in [7, 11) is 0. The first-order chi connectivity index (χ1) is 9.70. The maximum absolute atomic E-state index is 13.1. The van der Waals surface area contributed by atoms with E-state index in [1.165, 1.54) is 12.1 Å². The molecule has 0 aliphatic carbocycles. The Morgan fingerprint density at radius 3 is 2.52 bits per heavy atom. The van der Waals surface area contributed by atoms with Gasteiger partial charge in [0, 0.05) is 11.1 Å². The van der Waals surface area contributed by atoms with Gasteiger partial charge in [-0.25, -0.2) is 4.39 Å². The van der Waals surface area contributed by atoms with Crippen molar-refractivity contribution in [3.05, 3.63) is 46.5 Å². The molecule has 0 aliphatic heterocycles. The second-order valence-electron chi connectivity index (χ2n) is 4.40. The van der Waals surface area contributed by atoms with Crippen LogP contribution in [0.2, 0.25) is 0 Å². The van der Waals surface area contributed by atoms with Crippen molar-refractivity contribution in [2.75, 3.05) is 5.32 Å². The number of amides is 1. The van der Waals surface area contributed by atoms with Gasteiger partial charge in [-0.05, 0) is 31.5 Å². The summed E-state index contributed by atoms with van der Waals surface area (Å²) in [5.41, 5.74) is 0.141. The van der Waals surface area contributed by atoms with Gasteiger partial charge in [-0.1, -0.05) is 11.2 Å². The van der Waals surface area contributed by atoms with E-state index in [0.29, 0.717) is 5.56 Å². The number of hydrogen-bond acceptors (Lipinski definition) is 3. The molecule has 0 bridgehead atoms. The van der Waals surface area contributed by atoms with E-state index in [2.05, 4.69) is 15.0 Å². The van der Waals surface area contributed by atoms with Crippen LogP contribution in [0.25, 0.3) is 0 Å². The van der Waals surface area contributed by atoms with Crippen molar-refractivity contribution < 1.29 is 26.9 Å². The lowest BCUT2D eigenvalue weighted by molar-refractivity contribution is -0.156. The standard InChI is InChI=1S/C13H10F4N2O2/c1-6-3-4-8(14)5-9(6)12(20)18-11-7(2)10(21-19-11)13(15,16)17/h3-5H,1-2H3,(H,18,19,20). The molecule has 0 fully saturated rings. The van der Waals surface area contributed by atoms with Crippen molar-refractivity contribution in [1.29, 1.82) is 0 Å². The van der Waals surface area contributed by atoms with E-state index in [9.17, 15) is 22.4 Å². The van der Waals surface area contributed by atoms with Crippen molar-refractivity contribution in [1.82, 2.24) is 5.16 Å². The lowest BCUT2D eigenvalue weighted by atomic mass is 10.1. The highest BCUT2D eigenvalue weighted by Gasteiger charge is 2.39. The first-order valence-corrected chi connectivity index (χ1v) is 5.81. The molecule has 1 aromatic heterocycles. The molecule has 1 amide bonds. The van der Waals surface area contributed by atoms with Crippen molar-refractivity contribution in [2.45, 2.75) is 20.0 Å². The van der Waals surface area contributed by atoms with Crippen LogP contribution < -0.4 is 5.32 Å². The molecule has 8 heteroatoms. The normalized spacial score (nSPS) is 11.5. The van der Waals surface area contributed by atoms with Crippen LogP contribution in [-0.4, -0.2) is 11.1 Å². The quantitative estimate of drug-likeness (QED) is 0.861. The maximum Gasteiger partial charge on any atom is 0.452 e. The van der Waals surface area contributed by atoms with Crippen LogP contribution >= 0.6 is 0 Å². The molecule has 0 spiro atoms. The second-order valence-corrected chi connectivity index (χ2v) is 4.40. The van der Waals surface area contributed by atoms with Gasteiger partial charge in [0.05, 0.1) is 0 Å². The molecule has 1 heterocycles. The number of hydrogen-bond donors (Lipinski definition) is 1. The summed E-state index contributed by atoms with van der Waals surface area (Å²) >= 11 is 0. The van der Waals surface area contributed by atoms with Gasteiger partial charge in [0.2, 0.25) is 5.76 Å². The molecular weight excluding hydrogens is 292 g/mol. The number of halogens is 4. The number of nitrogens with one attached hydrogen (secondary N) is 1. The number of rotatable bonds is 2. The van der Waals surface area contributed by atoms with Crippen LogP contribution in [0.4, 0.5) is 23.4 Å². The van der Waals surface area contributed by atoms with Gasteiger partial charge in [-0.3, -0.25) is 4.79 Å². The number of carbonyl (C=O) groups is 1. The Hall–Kier alpha value is -2.38. The summed E-state index contributed by atoms with van der Waals surface area (Å²) < 4.78 is 54.9. The Labute approximate surface area is 116 Å². The van der Waals surface area contributed by atoms with Crippen LogP contribution in [0.3, 0.4) is 0 Å². The van der Waals surface area contributed by atoms with Gasteiger partial charge in [0.15, 0.2) is 5.82 Å². The Bertz CT molecular complexity index is 692. The highest BCUT2D eigenvalue weighted by molar-refractivity contribution is 6.05. The monoisotopic (exact) mass is 302 g/mol. The molecule has 2 rings (SSSR count). The van der Waals surface area contributed by atoms with Crippen molar-refractivity contribution >= 4 is 11.7 Å². The van der Waals surface area contributed by atoms with E-state index < -0.39 is 23.7 Å². The predicted molar refractivity (Wildman–Crippen MR) is 65.3 cm³/mol. The molecular formula is C13H10F4N2O2. The van der Waals surface area contributed by atoms with E-state index in [1.54, 1.807) is 6.92 Å². The summed E-state index contributed by atoms with van der Waals surface area (Å²) in [6.07, 6.45) is -4.70. The third-order valence-corrected chi connectivity index (χ3v) is 2.86. The lowest BCUT2D eigenvalue weighted by Crippen LogP contribution is -2.15. The molecule has 21 heavy (non-hydrogen) atoms. The average Bonchev–Trinajstić information content (AvgIpc) is 2.73. The summed E-state index contributed by atoms with van der Waals surface area (Å²) in [6.45, 7) is 2.69. The molecule has 0 atom stereocenters. The number of aromatic nitrogens is 1. The minimum absolute atomic E-state index is 0.00552. The Morgan fingerprint density at radius 2 is 1.95 bits per heavy atom. The van der Waals surface area contributed by atoms with Gasteiger partial charge in [-0.15, -0.1) is 0 Å². The Balaban J connectivity index is 2.29. The fraction of sp³-hybridized carbons (Fsp3) is 0.231. The topological polar surface area (TPSA) is 55.1 Å². The van der Waals surface area contributed by atoms with Crippen LogP contribution in [0.1, 0.15) is 27.2 Å². The molecule has 1 aromatic carbocycles. The van der Waals surface area contributed by atoms with Gasteiger partial charge in [-0.2, -0.15) is 13.2 Å². The van der Waals surface area contributed by atoms with E-state index in [0.717, 1.165) is 13.0 Å². The third-order valence-electron chi connectivity index (χ3n) is 2.86. The fourth-order valence-corrected chi connectivity index (χ4v) is 1.73. The zero-order valence-electron chi connectivity index (χ0n) is 11.0. The van der Waals surface area contributed by atoms with Crippen LogP contribution in [0.15, 0.2) is 22.7 Å². The molecule has 2 aromatic rings. The first-order valence-electron chi connectivity index (χ1n) is 5.81. The van der Waals surface area contributed by atoms with Crippen LogP contribution in [0, 0.1) is 19.7 Å². The highest BCUT2D eigenvalue weighted by Crippen LogP contribution is 2.34. The van der Waals surface area contributed by atoms with E-state index in [1.807, 2.05) is 0 Å². The molecule has 0 saturated carbocycles. The summed E-state index contributed by atoms with van der Waals surface area (Å²) in [6, 6.07) is 3.56. The van der Waals surface area contributed by atoms with Crippen molar-refractivity contribution in [3.63, 3.8) is 0 Å². The number of carbonyl (C=O) groups excluding carboxylic acids is 1. The number of alkyl halides is 3. The van der Waals surface area contributed by atoms with E-state index >= 15 is 0 Å². The molecule has 112 valence electrons. The van der Waals surface area contributed by atoms with E-state index in [-0.39, 0.29) is 16.9 Å². The number of benzene rings is 1. The molecule has 0 unspecified atom stereocenters. The van der Waals surface area contributed by atoms with E-state index in [4.69, 9.17) is 0 Å². The number of nitrogens with zero attached hydrogens (tertiary/aromatic N) is 1. The van der Waals surface area contributed by atoms with Gasteiger partial charge < -0.3 is 9.84 Å². The van der Waals surface area contributed by atoms with Crippen molar-refractivity contribution in [3.8, 4) is 0 Å². The van der Waals surface area contributed by atoms with Gasteiger partial charge in [0.25, 0.3) is 5.91 Å². The lowest BCUT2D eigenvalue weighted by Gasteiger charge is -2.06. The van der Waals surface area contributed by atoms with Gasteiger partial charge in [0.1, 0.15) is 5.82 Å². The predicted octanol–water partition coefficient (Wildman–Crippen LogP) is 3.70. The summed E-state index contributed by atoms with van der Waals surface area (Å²) in [5.74, 6) is -3.03. The zero-order chi connectivity index (χ0) is 15.8. The first kappa shape index (κ1) is 15.0. The SMILES string of the molecule is Cc1ccc(F)cc1C(=O)Nc1noc(C(F)(F)F)c1C. The van der Waals surface area contributed by atoms with Crippen molar-refractivity contribution in [2.24, 2.45) is 0 Å². The smallest absolute Gasteiger partial charge is 0.349 e. The molecule has 0 radical (unpaired) electrons. The molecule has 0 saturated heterocycles. The average molecular weight is 302 g/mol. The molecule has 1 N–H and O–H groups in total. The third kappa shape index (κ3) is 3.04. The largest absolute Gasteiger partial charge is 0.452 e. The van der Waals surface area contributed by atoms with Crippen LogP contribution in [0.5, 0.6) is 0 Å². The maximum atomic E-state index is 13.1. The summed E-state index contributed by atoms with van der Waals surface area (Å²) in [4.78, 5) is 12.0. The number of aryl methyl sites for hydroxylation is 1.